The number of hydrazone groups is 1. The van der Waals surface area contributed by atoms with E-state index in [0.29, 0.717) is 0 Å². The minimum absolute atomic E-state index is 0.892. The van der Waals surface area contributed by atoms with Gasteiger partial charge in [-0.1, -0.05) is 13.8 Å². The van der Waals surface area contributed by atoms with Crippen LogP contribution in [0.5, 0.6) is 0 Å². The Kier molecular flexibility index (Phi) is 2.92. The molecule has 2 unspecified atom stereocenters. The molecule has 0 heterocycles. The Labute approximate surface area is 69.1 Å². The van der Waals surface area contributed by atoms with Gasteiger partial charge >= 0.3 is 0 Å². The number of nitrogens with zero attached hydrogens (tertiary/aromatic N) is 1. The third-order valence-corrected chi connectivity index (χ3v) is 2.41. The lowest BCUT2D eigenvalue weighted by Gasteiger charge is -1.99. The second kappa shape index (κ2) is 3.74. The van der Waals surface area contributed by atoms with Gasteiger partial charge in [-0.25, -0.2) is 0 Å². The molecule has 1 N–H and O–H groups in total. The summed E-state index contributed by atoms with van der Waals surface area (Å²) in [5.41, 5.74) is 4.31. The van der Waals surface area contributed by atoms with E-state index >= 15 is 0 Å². The molecule has 0 spiro atoms. The van der Waals surface area contributed by atoms with E-state index in [9.17, 15) is 0 Å². The molecule has 0 aromatic carbocycles. The van der Waals surface area contributed by atoms with Gasteiger partial charge in [-0.2, -0.15) is 5.10 Å². The van der Waals surface area contributed by atoms with Crippen molar-refractivity contribution in [2.75, 3.05) is 6.54 Å². The smallest absolute Gasteiger partial charge is 0.0360 e. The first-order valence-electron chi connectivity index (χ1n) is 4.50. The highest BCUT2D eigenvalue weighted by Gasteiger charge is 2.31. The standard InChI is InChI=1S/C9H18N2/c1-4-8(3)11-10-6-9-5-7(9)2/h7,9-10H,4-6H2,1-3H3/b11-8+. The Balaban J connectivity index is 2.04. The fraction of sp³-hybridized carbons (Fsp3) is 0.889. The Morgan fingerprint density at radius 3 is 2.73 bits per heavy atom. The van der Waals surface area contributed by atoms with E-state index in [1.165, 1.54) is 12.1 Å². The molecule has 1 fully saturated rings. The number of rotatable bonds is 4. The summed E-state index contributed by atoms with van der Waals surface area (Å²) < 4.78 is 0. The molecule has 0 aromatic rings. The van der Waals surface area contributed by atoms with Crippen molar-refractivity contribution in [2.24, 2.45) is 16.9 Å². The average molecular weight is 154 g/mol. The van der Waals surface area contributed by atoms with Crippen molar-refractivity contribution in [3.05, 3.63) is 0 Å². The van der Waals surface area contributed by atoms with Crippen molar-refractivity contribution in [3.63, 3.8) is 0 Å². The monoisotopic (exact) mass is 154 g/mol. The summed E-state index contributed by atoms with van der Waals surface area (Å²) in [5, 5.41) is 4.22. The molecule has 1 rings (SSSR count). The average Bonchev–Trinajstić information content (AvgIpc) is 2.66. The molecular formula is C9H18N2. The summed E-state index contributed by atoms with van der Waals surface area (Å²) in [5.74, 6) is 1.82. The lowest BCUT2D eigenvalue weighted by molar-refractivity contribution is 0.636. The van der Waals surface area contributed by atoms with Crippen LogP contribution < -0.4 is 5.43 Å². The second-order valence-corrected chi connectivity index (χ2v) is 3.54. The highest BCUT2D eigenvalue weighted by atomic mass is 15.3. The quantitative estimate of drug-likeness (QED) is 0.486. The third kappa shape index (κ3) is 2.91. The maximum atomic E-state index is 4.22. The Hall–Kier alpha value is -0.530. The molecule has 0 bridgehead atoms. The predicted molar refractivity (Wildman–Crippen MR) is 48.7 cm³/mol. The maximum absolute atomic E-state index is 4.22. The van der Waals surface area contributed by atoms with E-state index in [2.05, 4.69) is 31.3 Å². The number of hydrogen-bond acceptors (Lipinski definition) is 2. The lowest BCUT2D eigenvalue weighted by atomic mass is 10.3. The topological polar surface area (TPSA) is 24.4 Å². The van der Waals surface area contributed by atoms with Crippen molar-refractivity contribution in [2.45, 2.75) is 33.6 Å². The summed E-state index contributed by atoms with van der Waals surface area (Å²) in [6.07, 6.45) is 2.43. The molecule has 1 aliphatic carbocycles. The third-order valence-electron chi connectivity index (χ3n) is 2.41. The Morgan fingerprint density at radius 2 is 2.27 bits per heavy atom. The Bertz CT molecular complexity index is 152. The van der Waals surface area contributed by atoms with Gasteiger partial charge in [-0.05, 0) is 31.6 Å². The van der Waals surface area contributed by atoms with Crippen LogP contribution in [0.3, 0.4) is 0 Å². The van der Waals surface area contributed by atoms with Crippen LogP contribution in [-0.2, 0) is 0 Å². The summed E-state index contributed by atoms with van der Waals surface area (Å²) >= 11 is 0. The van der Waals surface area contributed by atoms with Crippen molar-refractivity contribution < 1.29 is 0 Å². The van der Waals surface area contributed by atoms with Crippen LogP contribution in [0.25, 0.3) is 0 Å². The number of nitrogens with one attached hydrogen (secondary N) is 1. The van der Waals surface area contributed by atoms with Crippen LogP contribution in [0.4, 0.5) is 0 Å². The molecule has 0 aromatic heterocycles. The van der Waals surface area contributed by atoms with E-state index in [-0.39, 0.29) is 0 Å². The van der Waals surface area contributed by atoms with E-state index < -0.39 is 0 Å². The van der Waals surface area contributed by atoms with E-state index in [0.717, 1.165) is 24.8 Å². The zero-order chi connectivity index (χ0) is 8.27. The van der Waals surface area contributed by atoms with Crippen LogP contribution >= 0.6 is 0 Å². The molecule has 2 nitrogen and oxygen atoms in total. The lowest BCUT2D eigenvalue weighted by Crippen LogP contribution is -2.12. The predicted octanol–water partition coefficient (Wildman–Crippen LogP) is 2.02. The highest BCUT2D eigenvalue weighted by Crippen LogP contribution is 2.36. The molecule has 11 heavy (non-hydrogen) atoms. The van der Waals surface area contributed by atoms with Crippen molar-refractivity contribution in [3.8, 4) is 0 Å². The van der Waals surface area contributed by atoms with E-state index in [4.69, 9.17) is 0 Å². The zero-order valence-electron chi connectivity index (χ0n) is 7.72. The van der Waals surface area contributed by atoms with Crippen molar-refractivity contribution in [1.29, 1.82) is 0 Å². The van der Waals surface area contributed by atoms with Crippen LogP contribution in [0.1, 0.15) is 33.6 Å². The van der Waals surface area contributed by atoms with Crippen LogP contribution in [0.2, 0.25) is 0 Å². The molecule has 2 heteroatoms. The Morgan fingerprint density at radius 1 is 1.64 bits per heavy atom. The van der Waals surface area contributed by atoms with Crippen LogP contribution in [0.15, 0.2) is 5.10 Å². The molecule has 64 valence electrons. The second-order valence-electron chi connectivity index (χ2n) is 3.54. The molecule has 0 aliphatic heterocycles. The van der Waals surface area contributed by atoms with Gasteiger partial charge in [0.25, 0.3) is 0 Å². The molecule has 2 atom stereocenters. The fourth-order valence-electron chi connectivity index (χ4n) is 1.06. The normalized spacial score (nSPS) is 30.3. The van der Waals surface area contributed by atoms with Crippen molar-refractivity contribution >= 4 is 5.71 Å². The SMILES string of the molecule is CC/C(C)=N/NCC1CC1C. The highest BCUT2D eigenvalue weighted by molar-refractivity contribution is 5.81. The molecule has 1 saturated carbocycles. The fourth-order valence-corrected chi connectivity index (χ4v) is 1.06. The first-order valence-corrected chi connectivity index (χ1v) is 4.50. The summed E-state index contributed by atoms with van der Waals surface area (Å²) in [4.78, 5) is 0. The molecular weight excluding hydrogens is 136 g/mol. The van der Waals surface area contributed by atoms with Gasteiger partial charge in [-0.15, -0.1) is 0 Å². The van der Waals surface area contributed by atoms with Gasteiger partial charge in [0.05, 0.1) is 0 Å². The molecule has 1 aliphatic rings. The first kappa shape index (κ1) is 8.57. The van der Waals surface area contributed by atoms with Crippen LogP contribution in [0, 0.1) is 11.8 Å². The largest absolute Gasteiger partial charge is 0.310 e. The van der Waals surface area contributed by atoms with Gasteiger partial charge in [-0.3, -0.25) is 0 Å². The maximum Gasteiger partial charge on any atom is 0.0360 e. The molecule has 0 saturated heterocycles. The van der Waals surface area contributed by atoms with E-state index in [1.54, 1.807) is 0 Å². The van der Waals surface area contributed by atoms with Gasteiger partial charge in [0, 0.05) is 12.3 Å². The minimum Gasteiger partial charge on any atom is -0.310 e. The first-order chi connectivity index (χ1) is 5.24. The van der Waals surface area contributed by atoms with Gasteiger partial charge in [0.2, 0.25) is 0 Å². The summed E-state index contributed by atoms with van der Waals surface area (Å²) in [6, 6.07) is 0. The molecule has 0 amide bonds. The van der Waals surface area contributed by atoms with Gasteiger partial charge in [0.15, 0.2) is 0 Å². The summed E-state index contributed by atoms with van der Waals surface area (Å²) in [7, 11) is 0. The van der Waals surface area contributed by atoms with Crippen molar-refractivity contribution in [1.82, 2.24) is 5.43 Å². The summed E-state index contributed by atoms with van der Waals surface area (Å²) in [6.45, 7) is 7.55. The zero-order valence-corrected chi connectivity index (χ0v) is 7.72. The van der Waals surface area contributed by atoms with Crippen LogP contribution in [-0.4, -0.2) is 12.3 Å². The molecule has 0 radical (unpaired) electrons. The van der Waals surface area contributed by atoms with Gasteiger partial charge in [0.1, 0.15) is 0 Å². The van der Waals surface area contributed by atoms with Gasteiger partial charge < -0.3 is 5.43 Å². The van der Waals surface area contributed by atoms with E-state index in [1.807, 2.05) is 0 Å². The number of hydrogen-bond donors (Lipinski definition) is 1. The minimum atomic E-state index is 0.892.